The first-order valence-corrected chi connectivity index (χ1v) is 8.81. The van der Waals surface area contributed by atoms with Crippen LogP contribution in [0, 0.1) is 6.92 Å². The van der Waals surface area contributed by atoms with Crippen molar-refractivity contribution in [2.45, 2.75) is 38.9 Å². The Bertz CT molecular complexity index is 868. The highest BCUT2D eigenvalue weighted by atomic mass is 16.5. The van der Waals surface area contributed by atoms with E-state index in [1.807, 2.05) is 11.6 Å². The lowest BCUT2D eigenvalue weighted by Crippen LogP contribution is -2.26. The lowest BCUT2D eigenvalue weighted by atomic mass is 10.1. The normalized spacial score (nSPS) is 17.3. The summed E-state index contributed by atoms with van der Waals surface area (Å²) in [7, 11) is 0. The number of rotatable bonds is 3. The van der Waals surface area contributed by atoms with Crippen LogP contribution in [0.4, 0.5) is 0 Å². The zero-order valence-corrected chi connectivity index (χ0v) is 14.6. The summed E-state index contributed by atoms with van der Waals surface area (Å²) >= 11 is 0. The zero-order valence-electron chi connectivity index (χ0n) is 14.6. The van der Waals surface area contributed by atoms with Crippen molar-refractivity contribution in [2.24, 2.45) is 0 Å². The second kappa shape index (κ2) is 6.57. The van der Waals surface area contributed by atoms with Gasteiger partial charge in [0.2, 0.25) is 0 Å². The molecule has 7 heteroatoms. The lowest BCUT2D eigenvalue weighted by Gasteiger charge is -2.24. The molecule has 4 rings (SSSR count). The molecule has 7 nitrogen and oxygen atoms in total. The number of aromatic nitrogens is 2. The molecule has 3 heterocycles. The van der Waals surface area contributed by atoms with Crippen molar-refractivity contribution in [2.75, 3.05) is 13.2 Å². The van der Waals surface area contributed by atoms with Crippen LogP contribution in [0.1, 0.15) is 56.4 Å². The van der Waals surface area contributed by atoms with E-state index in [4.69, 9.17) is 9.84 Å². The maximum atomic E-state index is 13.0. The van der Waals surface area contributed by atoms with E-state index >= 15 is 0 Å². The number of benzene rings is 1. The molecule has 1 saturated heterocycles. The molecule has 0 bridgehead atoms. The molecule has 0 atom stereocenters. The minimum absolute atomic E-state index is 0.0612. The number of fused-ring (bicyclic) bond motifs is 1. The van der Waals surface area contributed by atoms with E-state index in [0.29, 0.717) is 18.7 Å². The summed E-state index contributed by atoms with van der Waals surface area (Å²) < 4.78 is 7.35. The standard InChI is InChI=1S/C19H21N3O4/c1-12-17(9-20-22(12)16-4-6-26-7-5-16)18(23)21-10-14-3-2-13(19(24)25)8-15(14)11-21/h2-3,8-9,16H,4-7,10-11H2,1H3,(H,24,25). The van der Waals surface area contributed by atoms with Crippen molar-refractivity contribution in [3.8, 4) is 0 Å². The highest BCUT2D eigenvalue weighted by Gasteiger charge is 2.28. The molecular weight excluding hydrogens is 334 g/mol. The van der Waals surface area contributed by atoms with Crippen LogP contribution in [-0.2, 0) is 17.8 Å². The van der Waals surface area contributed by atoms with Crippen LogP contribution < -0.4 is 0 Å². The van der Waals surface area contributed by atoms with E-state index in [1.54, 1.807) is 29.3 Å². The van der Waals surface area contributed by atoms with E-state index in [1.165, 1.54) is 0 Å². The van der Waals surface area contributed by atoms with E-state index in [0.717, 1.165) is 42.9 Å². The third-order valence-electron chi connectivity index (χ3n) is 5.27. The Balaban J connectivity index is 1.53. The molecule has 136 valence electrons. The van der Waals surface area contributed by atoms with Crippen LogP contribution in [0.25, 0.3) is 0 Å². The number of ether oxygens (including phenoxy) is 1. The summed E-state index contributed by atoms with van der Waals surface area (Å²) in [6, 6.07) is 5.32. The summed E-state index contributed by atoms with van der Waals surface area (Å²) in [4.78, 5) is 25.9. The Morgan fingerprint density at radius 3 is 2.65 bits per heavy atom. The summed E-state index contributed by atoms with van der Waals surface area (Å²) in [6.07, 6.45) is 3.46. The molecule has 1 aromatic carbocycles. The number of carbonyl (C=O) groups excluding carboxylic acids is 1. The highest BCUT2D eigenvalue weighted by molar-refractivity contribution is 5.95. The molecule has 0 unspecified atom stereocenters. The minimum atomic E-state index is -0.953. The maximum Gasteiger partial charge on any atom is 0.335 e. The van der Waals surface area contributed by atoms with Gasteiger partial charge in [0.05, 0.1) is 23.4 Å². The summed E-state index contributed by atoms with van der Waals surface area (Å²) in [5.74, 6) is -1.01. The molecule has 0 radical (unpaired) electrons. The van der Waals surface area contributed by atoms with Gasteiger partial charge in [0.25, 0.3) is 5.91 Å². The van der Waals surface area contributed by atoms with Crippen LogP contribution in [0.5, 0.6) is 0 Å². The summed E-state index contributed by atoms with van der Waals surface area (Å²) in [5, 5.41) is 13.6. The first-order valence-electron chi connectivity index (χ1n) is 8.81. The molecule has 0 saturated carbocycles. The first kappa shape index (κ1) is 16.8. The molecule has 1 aromatic heterocycles. The van der Waals surface area contributed by atoms with E-state index in [9.17, 15) is 9.59 Å². The monoisotopic (exact) mass is 355 g/mol. The van der Waals surface area contributed by atoms with Gasteiger partial charge in [-0.1, -0.05) is 6.07 Å². The van der Waals surface area contributed by atoms with Crippen molar-refractivity contribution < 1.29 is 19.4 Å². The van der Waals surface area contributed by atoms with Crippen molar-refractivity contribution >= 4 is 11.9 Å². The van der Waals surface area contributed by atoms with Crippen LogP contribution in [0.2, 0.25) is 0 Å². The zero-order chi connectivity index (χ0) is 18.3. The number of carboxylic acids is 1. The van der Waals surface area contributed by atoms with E-state index in [2.05, 4.69) is 5.10 Å². The number of nitrogens with zero attached hydrogens (tertiary/aromatic N) is 3. The van der Waals surface area contributed by atoms with E-state index < -0.39 is 5.97 Å². The number of hydrogen-bond acceptors (Lipinski definition) is 4. The van der Waals surface area contributed by atoms with Gasteiger partial charge in [0, 0.05) is 32.0 Å². The fourth-order valence-corrected chi connectivity index (χ4v) is 3.77. The summed E-state index contributed by atoms with van der Waals surface area (Å²) in [5.41, 5.74) is 3.64. The Kier molecular flexibility index (Phi) is 4.24. The van der Waals surface area contributed by atoms with Crippen molar-refractivity contribution in [1.82, 2.24) is 14.7 Å². The average molecular weight is 355 g/mol. The van der Waals surface area contributed by atoms with E-state index in [-0.39, 0.29) is 17.5 Å². The van der Waals surface area contributed by atoms with Crippen LogP contribution >= 0.6 is 0 Å². The van der Waals surface area contributed by atoms with Crippen molar-refractivity contribution in [3.05, 3.63) is 52.3 Å². The maximum absolute atomic E-state index is 13.0. The molecule has 1 N–H and O–H groups in total. The fourth-order valence-electron chi connectivity index (χ4n) is 3.77. The van der Waals surface area contributed by atoms with Gasteiger partial charge in [0.15, 0.2) is 0 Å². The number of aromatic carboxylic acids is 1. The van der Waals surface area contributed by atoms with Crippen molar-refractivity contribution in [3.63, 3.8) is 0 Å². The predicted octanol–water partition coefficient (Wildman–Crippen LogP) is 2.40. The average Bonchev–Trinajstić information content (AvgIpc) is 3.24. The second-order valence-electron chi connectivity index (χ2n) is 6.88. The summed E-state index contributed by atoms with van der Waals surface area (Å²) in [6.45, 7) is 4.30. The number of carboxylic acid groups (broad SMARTS) is 1. The smallest absolute Gasteiger partial charge is 0.335 e. The highest BCUT2D eigenvalue weighted by Crippen LogP contribution is 2.28. The molecule has 26 heavy (non-hydrogen) atoms. The Labute approximate surface area is 151 Å². The van der Waals surface area contributed by atoms with Gasteiger partial charge in [-0.15, -0.1) is 0 Å². The molecule has 1 fully saturated rings. The quantitative estimate of drug-likeness (QED) is 0.914. The van der Waals surface area contributed by atoms with Gasteiger partial charge in [-0.25, -0.2) is 4.79 Å². The van der Waals surface area contributed by atoms with Gasteiger partial charge in [0.1, 0.15) is 0 Å². The second-order valence-corrected chi connectivity index (χ2v) is 6.88. The molecule has 2 aliphatic rings. The largest absolute Gasteiger partial charge is 0.478 e. The number of carbonyl (C=O) groups is 2. The number of amides is 1. The molecule has 1 amide bonds. The van der Waals surface area contributed by atoms with Gasteiger partial charge in [-0.3, -0.25) is 9.48 Å². The SMILES string of the molecule is Cc1c(C(=O)N2Cc3ccc(C(=O)O)cc3C2)cnn1C1CCOCC1. The topological polar surface area (TPSA) is 84.7 Å². The third kappa shape index (κ3) is 2.88. The van der Waals surface area contributed by atoms with Gasteiger partial charge >= 0.3 is 5.97 Å². The van der Waals surface area contributed by atoms with Gasteiger partial charge < -0.3 is 14.7 Å². The van der Waals surface area contributed by atoms with Gasteiger partial charge in [-0.05, 0) is 43.0 Å². The Hall–Kier alpha value is -2.67. The Morgan fingerprint density at radius 2 is 1.92 bits per heavy atom. The van der Waals surface area contributed by atoms with Crippen LogP contribution in [0.3, 0.4) is 0 Å². The molecule has 2 aromatic rings. The first-order chi connectivity index (χ1) is 12.5. The molecule has 0 spiro atoms. The number of hydrogen-bond donors (Lipinski definition) is 1. The Morgan fingerprint density at radius 1 is 1.19 bits per heavy atom. The van der Waals surface area contributed by atoms with Crippen molar-refractivity contribution in [1.29, 1.82) is 0 Å². The molecule has 2 aliphatic heterocycles. The lowest BCUT2D eigenvalue weighted by molar-refractivity contribution is 0.0654. The third-order valence-corrected chi connectivity index (χ3v) is 5.27. The van der Waals surface area contributed by atoms with Crippen LogP contribution in [-0.4, -0.2) is 44.9 Å². The molecular formula is C19H21N3O4. The van der Waals surface area contributed by atoms with Gasteiger partial charge in [-0.2, -0.15) is 5.10 Å². The minimum Gasteiger partial charge on any atom is -0.478 e. The van der Waals surface area contributed by atoms with Crippen LogP contribution in [0.15, 0.2) is 24.4 Å². The predicted molar refractivity (Wildman–Crippen MR) is 93.0 cm³/mol. The molecule has 0 aliphatic carbocycles. The fraction of sp³-hybridized carbons (Fsp3) is 0.421.